The molecule has 1 N–H and O–H groups in total. The maximum atomic E-state index is 12.6. The summed E-state index contributed by atoms with van der Waals surface area (Å²) in [6.07, 6.45) is 0. The van der Waals surface area contributed by atoms with Crippen LogP contribution in [0.3, 0.4) is 0 Å². The first-order chi connectivity index (χ1) is 10.9. The van der Waals surface area contributed by atoms with Crippen molar-refractivity contribution >= 4 is 26.5 Å². The van der Waals surface area contributed by atoms with E-state index in [4.69, 9.17) is 0 Å². The molecule has 23 heavy (non-hydrogen) atoms. The van der Waals surface area contributed by atoms with E-state index in [-0.39, 0.29) is 4.90 Å². The standard InChI is InChI=1S/C15H16N4O2S2/c1-10-14(11(2)19(3)17-10)23(20,21)18-15-16-13(9-22-15)12-7-5-4-6-8-12/h4-9H,1-3H3,(H,16,18). The van der Waals surface area contributed by atoms with E-state index in [1.807, 2.05) is 35.7 Å². The van der Waals surface area contributed by atoms with Gasteiger partial charge in [-0.1, -0.05) is 30.3 Å². The van der Waals surface area contributed by atoms with Crippen LogP contribution in [0.15, 0.2) is 40.6 Å². The lowest BCUT2D eigenvalue weighted by Crippen LogP contribution is -2.14. The average molecular weight is 348 g/mol. The van der Waals surface area contributed by atoms with Crippen molar-refractivity contribution in [2.24, 2.45) is 7.05 Å². The van der Waals surface area contributed by atoms with Gasteiger partial charge in [-0.3, -0.25) is 9.40 Å². The molecule has 120 valence electrons. The van der Waals surface area contributed by atoms with E-state index in [1.54, 1.807) is 25.6 Å². The summed E-state index contributed by atoms with van der Waals surface area (Å²) in [4.78, 5) is 4.56. The van der Waals surface area contributed by atoms with E-state index in [9.17, 15) is 8.42 Å². The molecule has 0 bridgehead atoms. The first-order valence-corrected chi connectivity index (χ1v) is 9.29. The molecule has 0 saturated heterocycles. The Hall–Kier alpha value is -2.19. The zero-order valence-electron chi connectivity index (χ0n) is 12.9. The van der Waals surface area contributed by atoms with E-state index in [2.05, 4.69) is 14.8 Å². The molecule has 0 unspecified atom stereocenters. The van der Waals surface area contributed by atoms with Crippen molar-refractivity contribution in [2.45, 2.75) is 18.7 Å². The highest BCUT2D eigenvalue weighted by molar-refractivity contribution is 7.93. The van der Waals surface area contributed by atoms with Gasteiger partial charge in [-0.15, -0.1) is 11.3 Å². The average Bonchev–Trinajstić information content (AvgIpc) is 3.05. The molecule has 0 radical (unpaired) electrons. The van der Waals surface area contributed by atoms with Gasteiger partial charge in [-0.05, 0) is 13.8 Å². The van der Waals surface area contributed by atoms with Gasteiger partial charge in [0.05, 0.1) is 17.1 Å². The second-order valence-electron chi connectivity index (χ2n) is 5.13. The highest BCUT2D eigenvalue weighted by atomic mass is 32.2. The number of hydrogen-bond acceptors (Lipinski definition) is 5. The van der Waals surface area contributed by atoms with Crippen molar-refractivity contribution in [1.82, 2.24) is 14.8 Å². The van der Waals surface area contributed by atoms with Gasteiger partial charge in [0.2, 0.25) is 0 Å². The third-order valence-corrected chi connectivity index (χ3v) is 5.98. The molecule has 2 heterocycles. The van der Waals surface area contributed by atoms with E-state index in [0.717, 1.165) is 11.3 Å². The first-order valence-electron chi connectivity index (χ1n) is 6.92. The molecule has 6 nitrogen and oxygen atoms in total. The van der Waals surface area contributed by atoms with E-state index in [1.165, 1.54) is 11.3 Å². The van der Waals surface area contributed by atoms with Crippen molar-refractivity contribution in [1.29, 1.82) is 0 Å². The zero-order chi connectivity index (χ0) is 16.6. The molecule has 0 fully saturated rings. The van der Waals surface area contributed by atoms with Crippen LogP contribution in [0.1, 0.15) is 11.4 Å². The summed E-state index contributed by atoms with van der Waals surface area (Å²) in [7, 11) is -1.99. The molecule has 0 aliphatic heterocycles. The number of nitrogens with zero attached hydrogens (tertiary/aromatic N) is 3. The predicted octanol–water partition coefficient (Wildman–Crippen LogP) is 2.96. The van der Waals surface area contributed by atoms with E-state index in [0.29, 0.717) is 16.5 Å². The fraction of sp³-hybridized carbons (Fsp3) is 0.200. The summed E-state index contributed by atoms with van der Waals surface area (Å²) in [6.45, 7) is 3.41. The third-order valence-electron chi connectivity index (χ3n) is 3.51. The normalized spacial score (nSPS) is 11.6. The quantitative estimate of drug-likeness (QED) is 0.786. The lowest BCUT2D eigenvalue weighted by Gasteiger charge is -2.05. The highest BCUT2D eigenvalue weighted by Crippen LogP contribution is 2.27. The van der Waals surface area contributed by atoms with Gasteiger partial charge < -0.3 is 0 Å². The molecule has 3 rings (SSSR count). The van der Waals surface area contributed by atoms with Crippen LogP contribution < -0.4 is 4.72 Å². The minimum Gasteiger partial charge on any atom is -0.271 e. The molecule has 3 aromatic rings. The smallest absolute Gasteiger partial charge is 0.267 e. The molecule has 8 heteroatoms. The second-order valence-corrected chi connectivity index (χ2v) is 7.61. The number of benzene rings is 1. The Morgan fingerprint density at radius 1 is 1.17 bits per heavy atom. The Labute approximate surface area is 138 Å². The van der Waals surface area contributed by atoms with E-state index < -0.39 is 10.0 Å². The third kappa shape index (κ3) is 2.99. The number of hydrogen-bond donors (Lipinski definition) is 1. The maximum Gasteiger partial charge on any atom is 0.267 e. The molecule has 0 atom stereocenters. The summed E-state index contributed by atoms with van der Waals surface area (Å²) in [5.41, 5.74) is 2.75. The van der Waals surface area contributed by atoms with Crippen molar-refractivity contribution in [2.75, 3.05) is 4.72 Å². The van der Waals surface area contributed by atoms with Crippen molar-refractivity contribution in [3.63, 3.8) is 0 Å². The second kappa shape index (κ2) is 5.78. The van der Waals surface area contributed by atoms with Crippen LogP contribution >= 0.6 is 11.3 Å². The maximum absolute atomic E-state index is 12.6. The molecule has 2 aromatic heterocycles. The summed E-state index contributed by atoms with van der Waals surface area (Å²) in [5.74, 6) is 0. The highest BCUT2D eigenvalue weighted by Gasteiger charge is 2.24. The number of rotatable bonds is 4. The van der Waals surface area contributed by atoms with Gasteiger partial charge in [0.25, 0.3) is 10.0 Å². The van der Waals surface area contributed by atoms with Crippen molar-refractivity contribution in [3.05, 3.63) is 47.1 Å². The Balaban J connectivity index is 1.91. The zero-order valence-corrected chi connectivity index (χ0v) is 14.6. The molecule has 0 aliphatic carbocycles. The van der Waals surface area contributed by atoms with Gasteiger partial charge >= 0.3 is 0 Å². The van der Waals surface area contributed by atoms with Crippen LogP contribution in [0.5, 0.6) is 0 Å². The van der Waals surface area contributed by atoms with Crippen LogP contribution in [-0.2, 0) is 17.1 Å². The van der Waals surface area contributed by atoms with Crippen molar-refractivity contribution < 1.29 is 8.42 Å². The summed E-state index contributed by atoms with van der Waals surface area (Å²) in [5, 5.41) is 6.32. The predicted molar refractivity (Wildman–Crippen MR) is 91.0 cm³/mol. The summed E-state index contributed by atoms with van der Waals surface area (Å²) >= 11 is 1.26. The molecule has 0 aliphatic rings. The number of thiazole rings is 1. The molecule has 0 spiro atoms. The van der Waals surface area contributed by atoms with Crippen LogP contribution in [0.2, 0.25) is 0 Å². The minimum absolute atomic E-state index is 0.205. The first kappa shape index (κ1) is 15.7. The van der Waals surface area contributed by atoms with Gasteiger partial charge in [0.15, 0.2) is 5.13 Å². The monoisotopic (exact) mass is 348 g/mol. The Morgan fingerprint density at radius 2 is 1.87 bits per heavy atom. The molecular weight excluding hydrogens is 332 g/mol. The van der Waals surface area contributed by atoms with Crippen LogP contribution in [-0.4, -0.2) is 23.2 Å². The van der Waals surface area contributed by atoms with Crippen LogP contribution in [0.25, 0.3) is 11.3 Å². The summed E-state index contributed by atoms with van der Waals surface area (Å²) in [6, 6.07) is 9.63. The summed E-state index contributed by atoms with van der Waals surface area (Å²) < 4.78 is 29.3. The largest absolute Gasteiger partial charge is 0.271 e. The SMILES string of the molecule is Cc1nn(C)c(C)c1S(=O)(=O)Nc1nc(-c2ccccc2)cs1. The topological polar surface area (TPSA) is 76.9 Å². The Morgan fingerprint density at radius 3 is 2.48 bits per heavy atom. The molecule has 0 amide bonds. The van der Waals surface area contributed by atoms with Crippen molar-refractivity contribution in [3.8, 4) is 11.3 Å². The Kier molecular flexibility index (Phi) is 3.95. The number of aryl methyl sites for hydroxylation is 2. The van der Waals surface area contributed by atoms with Gasteiger partial charge in [-0.25, -0.2) is 13.4 Å². The van der Waals surface area contributed by atoms with Gasteiger partial charge in [-0.2, -0.15) is 5.10 Å². The minimum atomic E-state index is -3.71. The number of sulfonamides is 1. The van der Waals surface area contributed by atoms with Crippen LogP contribution in [0, 0.1) is 13.8 Å². The number of anilines is 1. The number of nitrogens with one attached hydrogen (secondary N) is 1. The molecule has 0 saturated carbocycles. The van der Waals surface area contributed by atoms with Gasteiger partial charge in [0.1, 0.15) is 4.90 Å². The number of aromatic nitrogens is 3. The van der Waals surface area contributed by atoms with Gasteiger partial charge in [0, 0.05) is 18.0 Å². The molecular formula is C15H16N4O2S2. The van der Waals surface area contributed by atoms with E-state index >= 15 is 0 Å². The Bertz CT molecular complexity index is 943. The fourth-order valence-corrected chi connectivity index (χ4v) is 4.78. The lowest BCUT2D eigenvalue weighted by molar-refractivity contribution is 0.599. The molecule has 1 aromatic carbocycles. The fourth-order valence-electron chi connectivity index (χ4n) is 2.37. The van der Waals surface area contributed by atoms with Crippen LogP contribution in [0.4, 0.5) is 5.13 Å². The lowest BCUT2D eigenvalue weighted by atomic mass is 10.2.